The Bertz CT molecular complexity index is 357. The smallest absolute Gasteiger partial charge is 0.248 e. The number of hydrogen-bond donors (Lipinski definition) is 1. The molecule has 0 fully saturated rings. The molecular formula is C11H15N3O. The van der Waals surface area contributed by atoms with Gasteiger partial charge < -0.3 is 5.73 Å². The van der Waals surface area contributed by atoms with Crippen molar-refractivity contribution in [1.82, 2.24) is 5.01 Å². The van der Waals surface area contributed by atoms with Crippen molar-refractivity contribution in [3.63, 3.8) is 0 Å². The molecule has 2 unspecified atom stereocenters. The lowest BCUT2D eigenvalue weighted by molar-refractivity contribution is -0.114. The number of nitrogens with two attached hydrogens (primary N) is 1. The number of hydrazone groups is 1. The van der Waals surface area contributed by atoms with Gasteiger partial charge in [-0.25, -0.2) is 0 Å². The highest BCUT2D eigenvalue weighted by Crippen LogP contribution is 2.26. The summed E-state index contributed by atoms with van der Waals surface area (Å²) < 4.78 is 0. The third-order valence-corrected chi connectivity index (χ3v) is 2.97. The SMILES string of the molecule is CN1N=CCC1C1C=C(C(N)=O)C=CC1. The van der Waals surface area contributed by atoms with E-state index in [-0.39, 0.29) is 5.91 Å². The maximum absolute atomic E-state index is 11.1. The number of amides is 1. The third kappa shape index (κ3) is 1.93. The van der Waals surface area contributed by atoms with Crippen LogP contribution in [0.4, 0.5) is 0 Å². The Labute approximate surface area is 89.1 Å². The molecule has 1 amide bonds. The summed E-state index contributed by atoms with van der Waals surface area (Å²) in [7, 11) is 1.96. The second-order valence-electron chi connectivity index (χ2n) is 3.96. The van der Waals surface area contributed by atoms with Gasteiger partial charge in [0, 0.05) is 31.2 Å². The zero-order valence-electron chi connectivity index (χ0n) is 8.76. The van der Waals surface area contributed by atoms with E-state index in [4.69, 9.17) is 5.73 Å². The molecule has 4 heteroatoms. The van der Waals surface area contributed by atoms with Gasteiger partial charge in [-0.3, -0.25) is 9.80 Å². The fourth-order valence-corrected chi connectivity index (χ4v) is 2.11. The van der Waals surface area contributed by atoms with Crippen molar-refractivity contribution < 1.29 is 4.79 Å². The van der Waals surface area contributed by atoms with Crippen molar-refractivity contribution in [2.24, 2.45) is 16.8 Å². The first-order chi connectivity index (χ1) is 7.18. The number of nitrogens with zero attached hydrogens (tertiary/aromatic N) is 2. The first-order valence-electron chi connectivity index (χ1n) is 5.12. The minimum Gasteiger partial charge on any atom is -0.366 e. The molecule has 0 saturated carbocycles. The summed E-state index contributed by atoms with van der Waals surface area (Å²) in [4.78, 5) is 11.1. The van der Waals surface area contributed by atoms with Gasteiger partial charge in [0.2, 0.25) is 5.91 Å². The molecule has 0 bridgehead atoms. The van der Waals surface area contributed by atoms with Crippen molar-refractivity contribution in [2.75, 3.05) is 7.05 Å². The molecule has 2 aliphatic rings. The van der Waals surface area contributed by atoms with Crippen molar-refractivity contribution in [3.05, 3.63) is 23.8 Å². The van der Waals surface area contributed by atoms with Crippen molar-refractivity contribution >= 4 is 12.1 Å². The van der Waals surface area contributed by atoms with Crippen LogP contribution < -0.4 is 5.73 Å². The van der Waals surface area contributed by atoms with Crippen molar-refractivity contribution in [3.8, 4) is 0 Å². The maximum Gasteiger partial charge on any atom is 0.248 e. The molecule has 1 heterocycles. The second-order valence-corrected chi connectivity index (χ2v) is 3.96. The van der Waals surface area contributed by atoms with Gasteiger partial charge in [-0.05, 0) is 6.42 Å². The molecule has 0 spiro atoms. The molecule has 2 N–H and O–H groups in total. The lowest BCUT2D eigenvalue weighted by Crippen LogP contribution is -2.31. The third-order valence-electron chi connectivity index (χ3n) is 2.97. The molecular weight excluding hydrogens is 190 g/mol. The number of rotatable bonds is 2. The summed E-state index contributed by atoms with van der Waals surface area (Å²) in [5.74, 6) is -0.0116. The number of allylic oxidation sites excluding steroid dienone is 1. The first kappa shape index (κ1) is 9.96. The monoisotopic (exact) mass is 205 g/mol. The van der Waals surface area contributed by atoms with Crippen LogP contribution in [0.15, 0.2) is 28.9 Å². The summed E-state index contributed by atoms with van der Waals surface area (Å²) >= 11 is 0. The fraction of sp³-hybridized carbons (Fsp3) is 0.455. The number of carbonyl (C=O) groups is 1. The fourth-order valence-electron chi connectivity index (χ4n) is 2.11. The van der Waals surface area contributed by atoms with E-state index in [1.807, 2.05) is 30.4 Å². The lowest BCUT2D eigenvalue weighted by Gasteiger charge is -2.27. The molecule has 15 heavy (non-hydrogen) atoms. The van der Waals surface area contributed by atoms with E-state index in [9.17, 15) is 4.79 Å². The molecule has 1 aliphatic carbocycles. The van der Waals surface area contributed by atoms with Crippen LogP contribution in [0.2, 0.25) is 0 Å². The highest BCUT2D eigenvalue weighted by atomic mass is 16.1. The van der Waals surface area contributed by atoms with Crippen LogP contribution in [-0.4, -0.2) is 30.2 Å². The molecule has 1 aliphatic heterocycles. The van der Waals surface area contributed by atoms with E-state index in [1.54, 1.807) is 6.08 Å². The molecule has 0 aromatic rings. The van der Waals surface area contributed by atoms with Crippen LogP contribution in [0.5, 0.6) is 0 Å². The first-order valence-corrected chi connectivity index (χ1v) is 5.12. The average molecular weight is 205 g/mol. The van der Waals surface area contributed by atoms with E-state index >= 15 is 0 Å². The Kier molecular flexibility index (Phi) is 2.58. The average Bonchev–Trinajstić information content (AvgIpc) is 2.64. The number of primary amides is 1. The maximum atomic E-state index is 11.1. The predicted molar refractivity (Wildman–Crippen MR) is 59.2 cm³/mol. The van der Waals surface area contributed by atoms with Gasteiger partial charge in [-0.2, -0.15) is 5.10 Å². The zero-order valence-corrected chi connectivity index (χ0v) is 8.76. The van der Waals surface area contributed by atoms with Gasteiger partial charge in [0.05, 0.1) is 6.04 Å². The van der Waals surface area contributed by atoms with Crippen LogP contribution in [0, 0.1) is 5.92 Å². The Morgan fingerprint density at radius 1 is 1.60 bits per heavy atom. The van der Waals surface area contributed by atoms with Crippen molar-refractivity contribution in [1.29, 1.82) is 0 Å². The molecule has 0 aromatic heterocycles. The summed E-state index contributed by atoms with van der Waals surface area (Å²) in [5, 5.41) is 6.16. The second kappa shape index (κ2) is 3.88. The molecule has 0 radical (unpaired) electrons. The van der Waals surface area contributed by atoms with Gasteiger partial charge in [0.15, 0.2) is 0 Å². The molecule has 4 nitrogen and oxygen atoms in total. The topological polar surface area (TPSA) is 58.7 Å². The zero-order chi connectivity index (χ0) is 10.8. The van der Waals surface area contributed by atoms with Crippen LogP contribution in [0.3, 0.4) is 0 Å². The van der Waals surface area contributed by atoms with Crippen LogP contribution >= 0.6 is 0 Å². The number of hydrogen-bond acceptors (Lipinski definition) is 3. The summed E-state index contributed by atoms with van der Waals surface area (Å²) in [5.41, 5.74) is 5.88. The minimum atomic E-state index is -0.350. The van der Waals surface area contributed by atoms with Gasteiger partial charge in [0.25, 0.3) is 0 Å². The molecule has 80 valence electrons. The lowest BCUT2D eigenvalue weighted by atomic mass is 9.88. The van der Waals surface area contributed by atoms with Gasteiger partial charge in [0.1, 0.15) is 0 Å². The van der Waals surface area contributed by atoms with E-state index < -0.39 is 0 Å². The molecule has 2 atom stereocenters. The van der Waals surface area contributed by atoms with Gasteiger partial charge in [-0.1, -0.05) is 18.2 Å². The van der Waals surface area contributed by atoms with E-state index in [1.165, 1.54) is 0 Å². The number of carbonyl (C=O) groups excluding carboxylic acids is 1. The van der Waals surface area contributed by atoms with Crippen LogP contribution in [-0.2, 0) is 4.79 Å². The normalized spacial score (nSPS) is 29.4. The van der Waals surface area contributed by atoms with Crippen LogP contribution in [0.25, 0.3) is 0 Å². The molecule has 0 aromatic carbocycles. The van der Waals surface area contributed by atoms with E-state index in [0.29, 0.717) is 17.5 Å². The van der Waals surface area contributed by atoms with Crippen molar-refractivity contribution in [2.45, 2.75) is 18.9 Å². The molecule has 0 saturated heterocycles. The van der Waals surface area contributed by atoms with E-state index in [0.717, 1.165) is 12.8 Å². The van der Waals surface area contributed by atoms with Gasteiger partial charge >= 0.3 is 0 Å². The summed E-state index contributed by atoms with van der Waals surface area (Å²) in [6, 6.07) is 0.365. The van der Waals surface area contributed by atoms with Gasteiger partial charge in [-0.15, -0.1) is 0 Å². The van der Waals surface area contributed by atoms with E-state index in [2.05, 4.69) is 5.10 Å². The summed E-state index contributed by atoms with van der Waals surface area (Å²) in [6.07, 6.45) is 9.59. The highest BCUT2D eigenvalue weighted by molar-refractivity contribution is 5.95. The predicted octanol–water partition coefficient (Wildman–Crippen LogP) is 0.664. The Hall–Kier alpha value is -1.58. The summed E-state index contributed by atoms with van der Waals surface area (Å²) in [6.45, 7) is 0. The Balaban J connectivity index is 2.12. The Morgan fingerprint density at radius 3 is 3.00 bits per heavy atom. The molecule has 2 rings (SSSR count). The standard InChI is InChI=1S/C11H15N3O/c1-14-10(5-6-13-14)8-3-2-4-9(7-8)11(12)15/h2,4,6-8,10H,3,5H2,1H3,(H2,12,15). The largest absolute Gasteiger partial charge is 0.366 e. The highest BCUT2D eigenvalue weighted by Gasteiger charge is 2.26. The Morgan fingerprint density at radius 2 is 2.40 bits per heavy atom. The minimum absolute atomic E-state index is 0.338. The van der Waals surface area contributed by atoms with Crippen LogP contribution in [0.1, 0.15) is 12.8 Å². The quantitative estimate of drug-likeness (QED) is 0.720.